The van der Waals surface area contributed by atoms with E-state index in [2.05, 4.69) is 10.3 Å². The third-order valence-corrected chi connectivity index (χ3v) is 4.60. The quantitative estimate of drug-likeness (QED) is 0.708. The van der Waals surface area contributed by atoms with Gasteiger partial charge in [-0.05, 0) is 24.3 Å². The first-order chi connectivity index (χ1) is 12.7. The number of rotatable bonds is 6. The number of aromatic nitrogens is 1. The van der Waals surface area contributed by atoms with E-state index in [1.54, 1.807) is 44.9 Å². The van der Waals surface area contributed by atoms with Gasteiger partial charge in [0.2, 0.25) is 0 Å². The van der Waals surface area contributed by atoms with E-state index in [9.17, 15) is 4.79 Å². The van der Waals surface area contributed by atoms with Gasteiger partial charge in [0.1, 0.15) is 28.0 Å². The molecule has 0 saturated heterocycles. The van der Waals surface area contributed by atoms with Gasteiger partial charge in [-0.2, -0.15) is 0 Å². The molecule has 1 heterocycles. The summed E-state index contributed by atoms with van der Waals surface area (Å²) >= 11 is 1.38. The van der Waals surface area contributed by atoms with Crippen LogP contribution in [0.4, 0.5) is 5.69 Å². The third kappa shape index (κ3) is 3.62. The van der Waals surface area contributed by atoms with Crippen LogP contribution >= 0.6 is 11.3 Å². The largest absolute Gasteiger partial charge is 0.497 e. The van der Waals surface area contributed by atoms with E-state index >= 15 is 0 Å². The van der Waals surface area contributed by atoms with Crippen molar-refractivity contribution in [1.29, 1.82) is 0 Å². The van der Waals surface area contributed by atoms with Crippen LogP contribution in [0.15, 0.2) is 47.8 Å². The maximum absolute atomic E-state index is 12.6. The minimum Gasteiger partial charge on any atom is -0.497 e. The number of hydrogen-bond acceptors (Lipinski definition) is 6. The van der Waals surface area contributed by atoms with E-state index in [1.165, 1.54) is 11.3 Å². The number of para-hydroxylation sites is 1. The van der Waals surface area contributed by atoms with Crippen molar-refractivity contribution < 1.29 is 19.0 Å². The number of ether oxygens (including phenoxy) is 3. The number of anilines is 1. The zero-order valence-electron chi connectivity index (χ0n) is 14.6. The topological polar surface area (TPSA) is 69.7 Å². The van der Waals surface area contributed by atoms with Gasteiger partial charge in [-0.25, -0.2) is 4.98 Å². The van der Waals surface area contributed by atoms with Crippen molar-refractivity contribution in [3.8, 4) is 27.8 Å². The molecule has 0 aliphatic heterocycles. The van der Waals surface area contributed by atoms with Crippen LogP contribution in [0.1, 0.15) is 10.5 Å². The molecule has 0 aliphatic carbocycles. The predicted molar refractivity (Wildman–Crippen MR) is 102 cm³/mol. The first-order valence-corrected chi connectivity index (χ1v) is 8.66. The van der Waals surface area contributed by atoms with Crippen molar-refractivity contribution in [3.05, 3.63) is 53.5 Å². The number of carbonyl (C=O) groups excluding carboxylic acids is 1. The summed E-state index contributed by atoms with van der Waals surface area (Å²) in [7, 11) is 4.71. The van der Waals surface area contributed by atoms with Crippen molar-refractivity contribution in [2.24, 2.45) is 0 Å². The molecule has 6 nitrogen and oxygen atoms in total. The number of thiazole rings is 1. The van der Waals surface area contributed by atoms with Gasteiger partial charge in [-0.1, -0.05) is 12.1 Å². The number of nitrogens with zero attached hydrogens (tertiary/aromatic N) is 1. The molecule has 0 atom stereocenters. The number of carbonyl (C=O) groups is 1. The lowest BCUT2D eigenvalue weighted by molar-refractivity contribution is 0.102. The van der Waals surface area contributed by atoms with Gasteiger partial charge in [0.25, 0.3) is 5.91 Å². The minimum absolute atomic E-state index is 0.320. The average Bonchev–Trinajstić information content (AvgIpc) is 3.18. The van der Waals surface area contributed by atoms with Crippen LogP contribution in [0.3, 0.4) is 0 Å². The van der Waals surface area contributed by atoms with Gasteiger partial charge in [0.15, 0.2) is 0 Å². The van der Waals surface area contributed by atoms with Crippen molar-refractivity contribution >= 4 is 22.9 Å². The Hall–Kier alpha value is -3.06. The Labute approximate surface area is 155 Å². The van der Waals surface area contributed by atoms with E-state index in [1.807, 2.05) is 24.3 Å². The highest BCUT2D eigenvalue weighted by Gasteiger charge is 2.16. The molecule has 0 spiro atoms. The van der Waals surface area contributed by atoms with Gasteiger partial charge >= 0.3 is 0 Å². The maximum Gasteiger partial charge on any atom is 0.275 e. The molecule has 2 aromatic carbocycles. The summed E-state index contributed by atoms with van der Waals surface area (Å²) in [6.45, 7) is 0. The molecule has 3 aromatic rings. The van der Waals surface area contributed by atoms with Crippen LogP contribution in [0.2, 0.25) is 0 Å². The number of amides is 1. The van der Waals surface area contributed by atoms with E-state index in [0.29, 0.717) is 33.6 Å². The van der Waals surface area contributed by atoms with Crippen molar-refractivity contribution in [2.75, 3.05) is 26.6 Å². The average molecular weight is 370 g/mol. The lowest BCUT2D eigenvalue weighted by Crippen LogP contribution is -2.13. The van der Waals surface area contributed by atoms with Gasteiger partial charge < -0.3 is 19.5 Å². The van der Waals surface area contributed by atoms with Crippen LogP contribution in [0.5, 0.6) is 17.2 Å². The summed E-state index contributed by atoms with van der Waals surface area (Å²) in [6.07, 6.45) is 0. The lowest BCUT2D eigenvalue weighted by Gasteiger charge is -2.11. The van der Waals surface area contributed by atoms with Crippen molar-refractivity contribution in [2.45, 2.75) is 0 Å². The van der Waals surface area contributed by atoms with Gasteiger partial charge in [0.05, 0.1) is 32.6 Å². The van der Waals surface area contributed by atoms with Crippen LogP contribution in [0.25, 0.3) is 10.6 Å². The molecule has 26 heavy (non-hydrogen) atoms. The predicted octanol–water partition coefficient (Wildman–Crippen LogP) is 4.09. The lowest BCUT2D eigenvalue weighted by atomic mass is 10.2. The summed E-state index contributed by atoms with van der Waals surface area (Å²) in [5, 5.41) is 5.24. The fourth-order valence-electron chi connectivity index (χ4n) is 2.42. The van der Waals surface area contributed by atoms with Gasteiger partial charge in [0, 0.05) is 11.4 Å². The fourth-order valence-corrected chi connectivity index (χ4v) is 3.25. The van der Waals surface area contributed by atoms with Crippen LogP contribution in [-0.2, 0) is 0 Å². The molecule has 0 unspecified atom stereocenters. The molecular weight excluding hydrogens is 352 g/mol. The Balaban J connectivity index is 1.85. The smallest absolute Gasteiger partial charge is 0.275 e. The molecule has 0 saturated carbocycles. The highest BCUT2D eigenvalue weighted by molar-refractivity contribution is 7.13. The van der Waals surface area contributed by atoms with Crippen LogP contribution in [0, 0.1) is 0 Å². The summed E-state index contributed by atoms with van der Waals surface area (Å²) in [6, 6.07) is 12.7. The molecule has 0 bridgehead atoms. The maximum atomic E-state index is 12.6. The zero-order valence-corrected chi connectivity index (χ0v) is 15.4. The summed E-state index contributed by atoms with van der Waals surface area (Å²) in [4.78, 5) is 17.0. The molecule has 1 aromatic heterocycles. The normalized spacial score (nSPS) is 10.3. The van der Waals surface area contributed by atoms with E-state index in [4.69, 9.17) is 14.2 Å². The second-order valence-electron chi connectivity index (χ2n) is 5.26. The molecule has 1 amide bonds. The molecule has 0 aliphatic rings. The SMILES string of the molecule is COc1ccc(OC)c(NC(=O)c2csc(-c3ccccc3OC)n2)c1. The molecule has 134 valence electrons. The van der Waals surface area contributed by atoms with E-state index < -0.39 is 0 Å². The van der Waals surface area contributed by atoms with E-state index in [0.717, 1.165) is 5.56 Å². The Morgan fingerprint density at radius 2 is 1.77 bits per heavy atom. The third-order valence-electron chi connectivity index (χ3n) is 3.73. The zero-order chi connectivity index (χ0) is 18.5. The number of nitrogens with one attached hydrogen (secondary N) is 1. The standard InChI is InChI=1S/C19H18N2O4S/c1-23-12-8-9-17(25-3)14(10-12)20-18(22)15-11-26-19(21-15)13-6-4-5-7-16(13)24-2/h4-11H,1-3H3,(H,20,22). The number of hydrogen-bond donors (Lipinski definition) is 1. The van der Waals surface area contributed by atoms with Gasteiger partial charge in [-0.3, -0.25) is 4.79 Å². The molecule has 0 radical (unpaired) electrons. The van der Waals surface area contributed by atoms with Crippen molar-refractivity contribution in [3.63, 3.8) is 0 Å². The summed E-state index contributed by atoms with van der Waals surface area (Å²) < 4.78 is 15.8. The second kappa shape index (κ2) is 7.88. The Morgan fingerprint density at radius 3 is 2.50 bits per heavy atom. The Morgan fingerprint density at radius 1 is 1.00 bits per heavy atom. The molecule has 1 N–H and O–H groups in total. The molecule has 0 fully saturated rings. The highest BCUT2D eigenvalue weighted by atomic mass is 32.1. The van der Waals surface area contributed by atoms with Crippen LogP contribution < -0.4 is 19.5 Å². The summed E-state index contributed by atoms with van der Waals surface area (Å²) in [5.74, 6) is 1.55. The molecule has 7 heteroatoms. The van der Waals surface area contributed by atoms with Crippen molar-refractivity contribution in [1.82, 2.24) is 4.98 Å². The Bertz CT molecular complexity index is 923. The highest BCUT2D eigenvalue weighted by Crippen LogP contribution is 2.33. The Kier molecular flexibility index (Phi) is 5.38. The number of methoxy groups -OCH3 is 3. The van der Waals surface area contributed by atoms with Gasteiger partial charge in [-0.15, -0.1) is 11.3 Å². The summed E-state index contributed by atoms with van der Waals surface area (Å²) in [5.41, 5.74) is 1.68. The molecular formula is C19H18N2O4S. The minimum atomic E-state index is -0.325. The molecule has 3 rings (SSSR count). The number of benzene rings is 2. The van der Waals surface area contributed by atoms with Crippen LogP contribution in [-0.4, -0.2) is 32.2 Å². The van der Waals surface area contributed by atoms with E-state index in [-0.39, 0.29) is 5.91 Å². The first kappa shape index (κ1) is 17.8. The second-order valence-corrected chi connectivity index (χ2v) is 6.12. The fraction of sp³-hybridized carbons (Fsp3) is 0.158. The first-order valence-electron chi connectivity index (χ1n) is 7.78. The monoisotopic (exact) mass is 370 g/mol.